The van der Waals surface area contributed by atoms with Gasteiger partial charge in [0.1, 0.15) is 6.54 Å². The van der Waals surface area contributed by atoms with Gasteiger partial charge in [-0.15, -0.1) is 0 Å². The SMILES string of the molecule is CCNCc1cccc(OC)c1OCC(=O)NCC#N. The number of para-hydroxylation sites is 1. The van der Waals surface area contributed by atoms with Gasteiger partial charge in [0.25, 0.3) is 5.91 Å². The first-order valence-corrected chi connectivity index (χ1v) is 6.36. The molecule has 6 heteroatoms. The van der Waals surface area contributed by atoms with Crippen molar-refractivity contribution in [1.82, 2.24) is 10.6 Å². The van der Waals surface area contributed by atoms with Gasteiger partial charge in [-0.05, 0) is 12.6 Å². The van der Waals surface area contributed by atoms with E-state index in [-0.39, 0.29) is 19.1 Å². The largest absolute Gasteiger partial charge is 0.493 e. The first-order chi connectivity index (χ1) is 9.72. The number of carbonyl (C=O) groups is 1. The van der Waals surface area contributed by atoms with Crippen LogP contribution in [0.1, 0.15) is 12.5 Å². The normalized spacial score (nSPS) is 9.65. The van der Waals surface area contributed by atoms with Gasteiger partial charge >= 0.3 is 0 Å². The Kier molecular flexibility index (Phi) is 6.93. The summed E-state index contributed by atoms with van der Waals surface area (Å²) in [5.74, 6) is 0.781. The molecule has 0 bridgehead atoms. The Morgan fingerprint density at radius 1 is 1.45 bits per heavy atom. The van der Waals surface area contributed by atoms with Crippen molar-refractivity contribution >= 4 is 5.91 Å². The van der Waals surface area contributed by atoms with Crippen molar-refractivity contribution in [2.45, 2.75) is 13.5 Å². The molecule has 1 rings (SSSR count). The molecule has 6 nitrogen and oxygen atoms in total. The summed E-state index contributed by atoms with van der Waals surface area (Å²) >= 11 is 0. The zero-order valence-electron chi connectivity index (χ0n) is 11.7. The summed E-state index contributed by atoms with van der Waals surface area (Å²) in [7, 11) is 1.55. The average Bonchev–Trinajstić information content (AvgIpc) is 2.48. The number of nitriles is 1. The van der Waals surface area contributed by atoms with E-state index in [0.717, 1.165) is 12.1 Å². The molecule has 0 unspecified atom stereocenters. The van der Waals surface area contributed by atoms with E-state index in [1.54, 1.807) is 13.2 Å². The zero-order chi connectivity index (χ0) is 14.8. The average molecular weight is 277 g/mol. The lowest BCUT2D eigenvalue weighted by molar-refractivity contribution is -0.122. The number of hydrogen-bond acceptors (Lipinski definition) is 5. The van der Waals surface area contributed by atoms with Crippen LogP contribution in [0.25, 0.3) is 0 Å². The topological polar surface area (TPSA) is 83.4 Å². The lowest BCUT2D eigenvalue weighted by atomic mass is 10.2. The molecule has 0 aliphatic carbocycles. The highest BCUT2D eigenvalue weighted by molar-refractivity contribution is 5.77. The van der Waals surface area contributed by atoms with Crippen LogP contribution in [0, 0.1) is 11.3 Å². The van der Waals surface area contributed by atoms with Crippen LogP contribution in [0.4, 0.5) is 0 Å². The van der Waals surface area contributed by atoms with Gasteiger partial charge in [0.05, 0.1) is 13.2 Å². The molecule has 0 heterocycles. The Morgan fingerprint density at radius 2 is 2.25 bits per heavy atom. The summed E-state index contributed by atoms with van der Waals surface area (Å²) in [5, 5.41) is 14.0. The quantitative estimate of drug-likeness (QED) is 0.687. The molecule has 0 saturated heterocycles. The smallest absolute Gasteiger partial charge is 0.258 e. The minimum Gasteiger partial charge on any atom is -0.493 e. The van der Waals surface area contributed by atoms with E-state index in [9.17, 15) is 4.79 Å². The molecule has 0 aliphatic rings. The van der Waals surface area contributed by atoms with Gasteiger partial charge in [-0.1, -0.05) is 19.1 Å². The molecule has 108 valence electrons. The highest BCUT2D eigenvalue weighted by atomic mass is 16.5. The Bertz CT molecular complexity index is 483. The Hall–Kier alpha value is -2.26. The van der Waals surface area contributed by atoms with Crippen LogP contribution < -0.4 is 20.1 Å². The van der Waals surface area contributed by atoms with E-state index in [0.29, 0.717) is 18.0 Å². The predicted molar refractivity (Wildman–Crippen MR) is 74.5 cm³/mol. The zero-order valence-corrected chi connectivity index (χ0v) is 11.7. The van der Waals surface area contributed by atoms with Crippen LogP contribution in [0.2, 0.25) is 0 Å². The van der Waals surface area contributed by atoms with Gasteiger partial charge in [0.15, 0.2) is 18.1 Å². The van der Waals surface area contributed by atoms with Crippen LogP contribution >= 0.6 is 0 Å². The van der Waals surface area contributed by atoms with Crippen molar-refractivity contribution < 1.29 is 14.3 Å². The monoisotopic (exact) mass is 277 g/mol. The highest BCUT2D eigenvalue weighted by Gasteiger charge is 2.12. The van der Waals surface area contributed by atoms with Gasteiger partial charge in [0.2, 0.25) is 0 Å². The number of amides is 1. The molecule has 0 aliphatic heterocycles. The summed E-state index contributed by atoms with van der Waals surface area (Å²) in [5.41, 5.74) is 0.916. The second-order valence-corrected chi connectivity index (χ2v) is 3.95. The van der Waals surface area contributed by atoms with Gasteiger partial charge in [-0.3, -0.25) is 4.79 Å². The number of carbonyl (C=O) groups excluding carboxylic acids is 1. The van der Waals surface area contributed by atoms with Crippen molar-refractivity contribution in [1.29, 1.82) is 5.26 Å². The number of benzene rings is 1. The summed E-state index contributed by atoms with van der Waals surface area (Å²) in [6.07, 6.45) is 0. The maximum atomic E-state index is 11.5. The fourth-order valence-electron chi connectivity index (χ4n) is 1.61. The molecular formula is C14H19N3O3. The minimum absolute atomic E-state index is 0.0294. The van der Waals surface area contributed by atoms with E-state index >= 15 is 0 Å². The third-order valence-corrected chi connectivity index (χ3v) is 2.56. The van der Waals surface area contributed by atoms with Gasteiger partial charge in [0, 0.05) is 12.1 Å². The molecule has 0 atom stereocenters. The third kappa shape index (κ3) is 4.78. The number of methoxy groups -OCH3 is 1. The summed E-state index contributed by atoms with van der Waals surface area (Å²) in [4.78, 5) is 11.5. The Morgan fingerprint density at radius 3 is 2.90 bits per heavy atom. The molecule has 0 saturated carbocycles. The molecule has 0 aromatic heterocycles. The Labute approximate surface area is 118 Å². The van der Waals surface area contributed by atoms with E-state index in [2.05, 4.69) is 10.6 Å². The van der Waals surface area contributed by atoms with Crippen LogP contribution in [0.5, 0.6) is 11.5 Å². The molecular weight excluding hydrogens is 258 g/mol. The van der Waals surface area contributed by atoms with Gasteiger partial charge < -0.3 is 20.1 Å². The maximum absolute atomic E-state index is 11.5. The van der Waals surface area contributed by atoms with Crippen LogP contribution in [-0.4, -0.2) is 32.7 Å². The van der Waals surface area contributed by atoms with E-state index in [1.807, 2.05) is 25.1 Å². The molecule has 1 amide bonds. The second kappa shape index (κ2) is 8.77. The number of rotatable bonds is 8. The Balaban J connectivity index is 2.75. The molecule has 1 aromatic rings. The molecule has 0 fully saturated rings. The molecule has 2 N–H and O–H groups in total. The van der Waals surface area contributed by atoms with Crippen molar-refractivity contribution in [2.75, 3.05) is 26.8 Å². The van der Waals surface area contributed by atoms with E-state index in [4.69, 9.17) is 14.7 Å². The molecule has 20 heavy (non-hydrogen) atoms. The molecule has 0 radical (unpaired) electrons. The lowest BCUT2D eigenvalue weighted by Crippen LogP contribution is -2.29. The first-order valence-electron chi connectivity index (χ1n) is 6.36. The van der Waals surface area contributed by atoms with Gasteiger partial charge in [-0.25, -0.2) is 0 Å². The van der Waals surface area contributed by atoms with E-state index in [1.165, 1.54) is 0 Å². The highest BCUT2D eigenvalue weighted by Crippen LogP contribution is 2.30. The number of ether oxygens (including phenoxy) is 2. The van der Waals surface area contributed by atoms with E-state index < -0.39 is 0 Å². The predicted octanol–water partition coefficient (Wildman–Crippen LogP) is 0.823. The fraction of sp³-hybridized carbons (Fsp3) is 0.429. The van der Waals surface area contributed by atoms with Crippen LogP contribution in [0.3, 0.4) is 0 Å². The molecule has 0 spiro atoms. The lowest BCUT2D eigenvalue weighted by Gasteiger charge is -2.15. The number of nitrogens with one attached hydrogen (secondary N) is 2. The summed E-state index contributed by atoms with van der Waals surface area (Å²) < 4.78 is 10.8. The van der Waals surface area contributed by atoms with Crippen molar-refractivity contribution in [2.24, 2.45) is 0 Å². The van der Waals surface area contributed by atoms with Crippen molar-refractivity contribution in [3.63, 3.8) is 0 Å². The summed E-state index contributed by atoms with van der Waals surface area (Å²) in [6, 6.07) is 7.39. The minimum atomic E-state index is -0.341. The van der Waals surface area contributed by atoms with Gasteiger partial charge in [-0.2, -0.15) is 5.26 Å². The third-order valence-electron chi connectivity index (χ3n) is 2.56. The van der Waals surface area contributed by atoms with Crippen molar-refractivity contribution in [3.05, 3.63) is 23.8 Å². The van der Waals surface area contributed by atoms with Crippen molar-refractivity contribution in [3.8, 4) is 17.6 Å². The summed E-state index contributed by atoms with van der Waals surface area (Å²) in [6.45, 7) is 3.29. The molecule has 1 aromatic carbocycles. The second-order valence-electron chi connectivity index (χ2n) is 3.95. The fourth-order valence-corrected chi connectivity index (χ4v) is 1.61. The van der Waals surface area contributed by atoms with Crippen LogP contribution in [-0.2, 0) is 11.3 Å². The maximum Gasteiger partial charge on any atom is 0.258 e. The van der Waals surface area contributed by atoms with Crippen LogP contribution in [0.15, 0.2) is 18.2 Å². The number of nitrogens with zero attached hydrogens (tertiary/aromatic N) is 1. The number of hydrogen-bond donors (Lipinski definition) is 2. The standard InChI is InChI=1S/C14H19N3O3/c1-3-16-9-11-5-4-6-12(19-2)14(11)20-10-13(18)17-8-7-15/h4-6,16H,3,8-10H2,1-2H3,(H,17,18). The first kappa shape index (κ1) is 15.8.